The summed E-state index contributed by atoms with van der Waals surface area (Å²) < 4.78 is 13.2. The van der Waals surface area contributed by atoms with Gasteiger partial charge in [0, 0.05) is 18.6 Å². The number of nitrogens with zero attached hydrogens (tertiary/aromatic N) is 1. The normalized spacial score (nSPS) is 21.8. The number of hydrogen-bond donors (Lipinski definition) is 1. The fourth-order valence-electron chi connectivity index (χ4n) is 2.76. The highest BCUT2D eigenvalue weighted by Gasteiger charge is 2.32. The van der Waals surface area contributed by atoms with E-state index in [0.717, 1.165) is 31.4 Å². The lowest BCUT2D eigenvalue weighted by molar-refractivity contribution is -0.136. The number of carbonyl (C=O) groups excluding carboxylic acids is 1. The summed E-state index contributed by atoms with van der Waals surface area (Å²) in [6.45, 7) is 4.53. The van der Waals surface area contributed by atoms with Crippen molar-refractivity contribution in [1.82, 2.24) is 4.90 Å². The topological polar surface area (TPSA) is 46.3 Å². The van der Waals surface area contributed by atoms with Crippen LogP contribution in [0.15, 0.2) is 24.3 Å². The predicted octanol–water partition coefficient (Wildman–Crippen LogP) is 2.34. The molecule has 1 aliphatic rings. The molecule has 0 aromatic heterocycles. The summed E-state index contributed by atoms with van der Waals surface area (Å²) >= 11 is 0. The molecule has 110 valence electrons. The molecule has 3 atom stereocenters. The molecule has 3 nitrogen and oxygen atoms in total. The van der Waals surface area contributed by atoms with Crippen LogP contribution in [0.5, 0.6) is 0 Å². The highest BCUT2D eigenvalue weighted by molar-refractivity contribution is 5.79. The minimum Gasteiger partial charge on any atom is -0.339 e. The largest absolute Gasteiger partial charge is 0.339 e. The van der Waals surface area contributed by atoms with E-state index in [1.165, 1.54) is 6.07 Å². The van der Waals surface area contributed by atoms with Gasteiger partial charge in [0.15, 0.2) is 0 Å². The second-order valence-corrected chi connectivity index (χ2v) is 5.81. The first-order valence-corrected chi connectivity index (χ1v) is 7.29. The molecule has 0 spiro atoms. The van der Waals surface area contributed by atoms with E-state index in [1.807, 2.05) is 24.8 Å². The zero-order valence-corrected chi connectivity index (χ0v) is 12.2. The molecule has 3 unspecified atom stereocenters. The van der Waals surface area contributed by atoms with Crippen molar-refractivity contribution in [2.75, 3.05) is 6.54 Å². The van der Waals surface area contributed by atoms with Gasteiger partial charge in [-0.2, -0.15) is 0 Å². The number of benzene rings is 1. The summed E-state index contributed by atoms with van der Waals surface area (Å²) in [7, 11) is 0. The van der Waals surface area contributed by atoms with Gasteiger partial charge in [-0.15, -0.1) is 0 Å². The van der Waals surface area contributed by atoms with Crippen LogP contribution >= 0.6 is 0 Å². The van der Waals surface area contributed by atoms with Crippen molar-refractivity contribution in [2.45, 2.75) is 45.2 Å². The van der Waals surface area contributed by atoms with Gasteiger partial charge < -0.3 is 10.6 Å². The minimum atomic E-state index is -0.220. The molecule has 1 aromatic rings. The van der Waals surface area contributed by atoms with Crippen molar-refractivity contribution in [3.8, 4) is 0 Å². The maximum Gasteiger partial charge on any atom is 0.227 e. The van der Waals surface area contributed by atoms with Gasteiger partial charge in [0.05, 0.1) is 5.92 Å². The maximum atomic E-state index is 13.2. The summed E-state index contributed by atoms with van der Waals surface area (Å²) in [4.78, 5) is 14.4. The van der Waals surface area contributed by atoms with Crippen molar-refractivity contribution >= 4 is 5.91 Å². The molecule has 1 saturated heterocycles. The summed E-state index contributed by atoms with van der Waals surface area (Å²) in [5.41, 5.74) is 6.77. The molecule has 1 amide bonds. The van der Waals surface area contributed by atoms with Crippen molar-refractivity contribution in [2.24, 2.45) is 11.7 Å². The van der Waals surface area contributed by atoms with E-state index in [4.69, 9.17) is 5.73 Å². The third-order valence-electron chi connectivity index (χ3n) is 4.20. The van der Waals surface area contributed by atoms with Crippen molar-refractivity contribution in [3.63, 3.8) is 0 Å². The predicted molar refractivity (Wildman–Crippen MR) is 77.7 cm³/mol. The number of hydrogen-bond acceptors (Lipinski definition) is 2. The monoisotopic (exact) mass is 278 g/mol. The van der Waals surface area contributed by atoms with Gasteiger partial charge in [-0.25, -0.2) is 4.39 Å². The average molecular weight is 278 g/mol. The summed E-state index contributed by atoms with van der Waals surface area (Å²) in [6.07, 6.45) is 2.71. The third-order valence-corrected chi connectivity index (χ3v) is 4.20. The second-order valence-electron chi connectivity index (χ2n) is 5.81. The number of rotatable bonds is 4. The Balaban J connectivity index is 2.06. The Morgan fingerprint density at radius 3 is 2.90 bits per heavy atom. The Labute approximate surface area is 120 Å². The van der Waals surface area contributed by atoms with Gasteiger partial charge in [-0.05, 0) is 43.9 Å². The highest BCUT2D eigenvalue weighted by Crippen LogP contribution is 2.24. The standard InChI is InChI=1S/C16H23FN2O/c1-11(12(2)18)16(20)19-8-4-7-15(19)10-13-5-3-6-14(17)9-13/h3,5-6,9,11-12,15H,4,7-8,10,18H2,1-2H3. The van der Waals surface area contributed by atoms with Crippen LogP contribution in [-0.4, -0.2) is 29.4 Å². The van der Waals surface area contributed by atoms with Gasteiger partial charge >= 0.3 is 0 Å². The molecule has 0 aliphatic carbocycles. The van der Waals surface area contributed by atoms with Crippen LogP contribution in [0.25, 0.3) is 0 Å². The Morgan fingerprint density at radius 1 is 1.50 bits per heavy atom. The molecular formula is C16H23FN2O. The summed E-state index contributed by atoms with van der Waals surface area (Å²) in [5.74, 6) is -0.260. The Hall–Kier alpha value is -1.42. The van der Waals surface area contributed by atoms with Crippen molar-refractivity contribution in [1.29, 1.82) is 0 Å². The average Bonchev–Trinajstić information content (AvgIpc) is 2.85. The van der Waals surface area contributed by atoms with E-state index in [9.17, 15) is 9.18 Å². The van der Waals surface area contributed by atoms with Crippen LogP contribution in [-0.2, 0) is 11.2 Å². The highest BCUT2D eigenvalue weighted by atomic mass is 19.1. The number of halogens is 1. The van der Waals surface area contributed by atoms with E-state index < -0.39 is 0 Å². The fourth-order valence-corrected chi connectivity index (χ4v) is 2.76. The lowest BCUT2D eigenvalue weighted by Crippen LogP contribution is -2.44. The molecule has 20 heavy (non-hydrogen) atoms. The van der Waals surface area contributed by atoms with Crippen LogP contribution in [0.1, 0.15) is 32.3 Å². The Bertz CT molecular complexity index is 475. The molecule has 2 rings (SSSR count). The van der Waals surface area contributed by atoms with Gasteiger partial charge in [-0.1, -0.05) is 19.1 Å². The van der Waals surface area contributed by atoms with Crippen LogP contribution in [0.4, 0.5) is 4.39 Å². The quantitative estimate of drug-likeness (QED) is 0.919. The van der Waals surface area contributed by atoms with E-state index in [-0.39, 0.29) is 29.7 Å². The van der Waals surface area contributed by atoms with Crippen molar-refractivity contribution in [3.05, 3.63) is 35.6 Å². The van der Waals surface area contributed by atoms with E-state index in [0.29, 0.717) is 0 Å². The van der Waals surface area contributed by atoms with Crippen LogP contribution in [0.3, 0.4) is 0 Å². The minimum absolute atomic E-state index is 0.124. The Morgan fingerprint density at radius 2 is 2.25 bits per heavy atom. The van der Waals surface area contributed by atoms with E-state index in [2.05, 4.69) is 0 Å². The first kappa shape index (κ1) is 15.0. The Kier molecular flexibility index (Phi) is 4.76. The zero-order valence-electron chi connectivity index (χ0n) is 12.2. The summed E-state index contributed by atoms with van der Waals surface area (Å²) in [6, 6.07) is 6.66. The molecule has 2 N–H and O–H groups in total. The van der Waals surface area contributed by atoms with E-state index in [1.54, 1.807) is 12.1 Å². The van der Waals surface area contributed by atoms with Crippen LogP contribution in [0, 0.1) is 11.7 Å². The molecule has 1 fully saturated rings. The fraction of sp³-hybridized carbons (Fsp3) is 0.562. The van der Waals surface area contributed by atoms with Gasteiger partial charge in [0.1, 0.15) is 5.82 Å². The van der Waals surface area contributed by atoms with Gasteiger partial charge in [0.25, 0.3) is 0 Å². The van der Waals surface area contributed by atoms with E-state index >= 15 is 0 Å². The van der Waals surface area contributed by atoms with Crippen LogP contribution in [0.2, 0.25) is 0 Å². The molecule has 0 bridgehead atoms. The first-order chi connectivity index (χ1) is 9.49. The first-order valence-electron chi connectivity index (χ1n) is 7.29. The number of likely N-dealkylation sites (tertiary alicyclic amines) is 1. The molecule has 0 radical (unpaired) electrons. The lowest BCUT2D eigenvalue weighted by atomic mass is 10.00. The third kappa shape index (κ3) is 3.37. The molecule has 1 heterocycles. The lowest BCUT2D eigenvalue weighted by Gasteiger charge is -2.29. The smallest absolute Gasteiger partial charge is 0.227 e. The zero-order chi connectivity index (χ0) is 14.7. The van der Waals surface area contributed by atoms with Gasteiger partial charge in [0.2, 0.25) is 5.91 Å². The second kappa shape index (κ2) is 6.35. The number of carbonyl (C=O) groups is 1. The van der Waals surface area contributed by atoms with Crippen molar-refractivity contribution < 1.29 is 9.18 Å². The maximum absolute atomic E-state index is 13.2. The molecule has 4 heteroatoms. The molecule has 0 saturated carbocycles. The van der Waals surface area contributed by atoms with Crippen LogP contribution < -0.4 is 5.73 Å². The van der Waals surface area contributed by atoms with Gasteiger partial charge in [-0.3, -0.25) is 4.79 Å². The molecule has 1 aliphatic heterocycles. The SMILES string of the molecule is CC(N)C(C)C(=O)N1CCCC1Cc1cccc(F)c1. The molecular weight excluding hydrogens is 255 g/mol. The number of nitrogens with two attached hydrogens (primary N) is 1. The summed E-state index contributed by atoms with van der Waals surface area (Å²) in [5, 5.41) is 0. The molecule has 1 aromatic carbocycles. The number of amides is 1.